The Morgan fingerprint density at radius 2 is 0.611 bits per heavy atom. The normalized spacial score (nSPS) is 13.5. The van der Waals surface area contributed by atoms with Gasteiger partial charge in [-0.1, -0.05) is 423 Å². The van der Waals surface area contributed by atoms with Crippen LogP contribution in [0.15, 0.2) is 24.3 Å². The van der Waals surface area contributed by atoms with E-state index in [1.54, 1.807) is 6.08 Å². The fourth-order valence-electron chi connectivity index (χ4n) is 12.9. The second-order valence-corrected chi connectivity index (χ2v) is 31.0. The largest absolute Gasteiger partial charge is 0.472 e. The third-order valence-corrected chi connectivity index (χ3v) is 20.2. The number of aliphatic hydroxyl groups excluding tert-OH is 1. The summed E-state index contributed by atoms with van der Waals surface area (Å²) < 4.78 is 23.9. The molecule has 0 heterocycles. The number of allylic oxidation sites excluding steroid dienone is 3. The summed E-state index contributed by atoms with van der Waals surface area (Å²) in [6.45, 7) is 4.87. The van der Waals surface area contributed by atoms with Gasteiger partial charge in [0.1, 0.15) is 13.2 Å². The first kappa shape index (κ1) is 89.0. The van der Waals surface area contributed by atoms with Crippen molar-refractivity contribution in [2.24, 2.45) is 0 Å². The number of phosphoric acid groups is 1. The monoisotopic (exact) mass is 1290 g/mol. The standard InChI is InChI=1S/C81H161N2O6P/c1-6-8-10-12-14-16-18-20-22-24-26-28-30-32-34-36-38-39-40-41-42-43-44-45-47-49-51-53-55-57-59-61-63-65-67-69-71-73-75-81(85)82-79(78-89-90(86,87)88-77-76-83(3,4)5)80(84)74-72-70-68-66-64-62-60-58-56-54-52-50-48-46-37-35-33-31-29-27-25-23-21-19-17-15-13-11-9-7-2/h64,66,72,74,79-80,84H,6-63,65,67-71,73,75-78H2,1-5H3,(H-,82,85,86,87)/p+1/b66-64+,74-72+. The Morgan fingerprint density at radius 1 is 0.367 bits per heavy atom. The Bertz CT molecular complexity index is 1520. The molecule has 0 aliphatic carbocycles. The van der Waals surface area contributed by atoms with Crippen LogP contribution >= 0.6 is 7.82 Å². The summed E-state index contributed by atoms with van der Waals surface area (Å²) in [5, 5.41) is 14.0. The van der Waals surface area contributed by atoms with Crippen molar-refractivity contribution in [1.29, 1.82) is 0 Å². The minimum Gasteiger partial charge on any atom is -0.387 e. The van der Waals surface area contributed by atoms with Gasteiger partial charge in [0.2, 0.25) is 5.91 Å². The first-order valence-electron chi connectivity index (χ1n) is 40.7. The highest BCUT2D eigenvalue weighted by molar-refractivity contribution is 7.47. The van der Waals surface area contributed by atoms with E-state index in [1.807, 2.05) is 27.2 Å². The van der Waals surface area contributed by atoms with E-state index in [-0.39, 0.29) is 19.1 Å². The van der Waals surface area contributed by atoms with Crippen LogP contribution in [0.3, 0.4) is 0 Å². The molecule has 0 aromatic rings. The van der Waals surface area contributed by atoms with Crippen LogP contribution in [-0.4, -0.2) is 73.4 Å². The van der Waals surface area contributed by atoms with E-state index in [2.05, 4.69) is 31.3 Å². The van der Waals surface area contributed by atoms with Crippen molar-refractivity contribution in [2.75, 3.05) is 40.9 Å². The second-order valence-electron chi connectivity index (χ2n) is 29.5. The third-order valence-electron chi connectivity index (χ3n) is 19.2. The van der Waals surface area contributed by atoms with Crippen LogP contribution in [0, 0.1) is 0 Å². The van der Waals surface area contributed by atoms with Crippen molar-refractivity contribution in [3.63, 3.8) is 0 Å². The van der Waals surface area contributed by atoms with Gasteiger partial charge in [0.15, 0.2) is 0 Å². The fourth-order valence-corrected chi connectivity index (χ4v) is 13.6. The molecule has 0 aliphatic rings. The van der Waals surface area contributed by atoms with Gasteiger partial charge in [-0.05, 0) is 32.1 Å². The number of amides is 1. The molecule has 0 saturated heterocycles. The molecule has 0 spiro atoms. The van der Waals surface area contributed by atoms with Gasteiger partial charge >= 0.3 is 7.82 Å². The van der Waals surface area contributed by atoms with E-state index in [1.165, 1.54) is 379 Å². The molecule has 536 valence electrons. The van der Waals surface area contributed by atoms with Gasteiger partial charge in [0, 0.05) is 6.42 Å². The second kappa shape index (κ2) is 72.3. The smallest absolute Gasteiger partial charge is 0.387 e. The number of aliphatic hydroxyl groups is 1. The van der Waals surface area contributed by atoms with Crippen molar-refractivity contribution in [2.45, 2.75) is 450 Å². The average molecular weight is 1290 g/mol. The molecule has 90 heavy (non-hydrogen) atoms. The molecule has 0 radical (unpaired) electrons. The molecule has 1 amide bonds. The predicted octanol–water partition coefficient (Wildman–Crippen LogP) is 26.6. The maximum atomic E-state index is 13.1. The first-order valence-corrected chi connectivity index (χ1v) is 42.2. The number of hydrogen-bond donors (Lipinski definition) is 3. The number of hydrogen-bond acceptors (Lipinski definition) is 5. The molecule has 0 aromatic heterocycles. The number of unbranched alkanes of at least 4 members (excludes halogenated alkanes) is 62. The quantitative estimate of drug-likeness (QED) is 0.0243. The zero-order valence-electron chi connectivity index (χ0n) is 61.7. The zero-order chi connectivity index (χ0) is 65.5. The van der Waals surface area contributed by atoms with E-state index in [0.29, 0.717) is 17.4 Å². The minimum atomic E-state index is -4.36. The summed E-state index contributed by atoms with van der Waals surface area (Å²) in [4.78, 5) is 23.5. The van der Waals surface area contributed by atoms with Crippen molar-refractivity contribution < 1.29 is 32.9 Å². The van der Waals surface area contributed by atoms with Crippen LogP contribution in [0.1, 0.15) is 438 Å². The van der Waals surface area contributed by atoms with E-state index < -0.39 is 20.0 Å². The molecule has 9 heteroatoms. The molecule has 8 nitrogen and oxygen atoms in total. The number of rotatable bonds is 77. The summed E-state index contributed by atoms with van der Waals surface area (Å²) in [7, 11) is 1.58. The lowest BCUT2D eigenvalue weighted by molar-refractivity contribution is -0.870. The van der Waals surface area contributed by atoms with Crippen molar-refractivity contribution in [3.8, 4) is 0 Å². The topological polar surface area (TPSA) is 105 Å². The molecule has 0 saturated carbocycles. The lowest BCUT2D eigenvalue weighted by atomic mass is 10.0. The number of nitrogens with zero attached hydrogens (tertiary/aromatic N) is 1. The van der Waals surface area contributed by atoms with Crippen LogP contribution in [0.25, 0.3) is 0 Å². The van der Waals surface area contributed by atoms with Gasteiger partial charge in [-0.15, -0.1) is 0 Å². The Hall–Kier alpha value is -1.02. The minimum absolute atomic E-state index is 0.0593. The lowest BCUT2D eigenvalue weighted by Gasteiger charge is -2.25. The maximum Gasteiger partial charge on any atom is 0.472 e. The first-order chi connectivity index (χ1) is 44.0. The molecular formula is C81H162N2O6P+. The zero-order valence-corrected chi connectivity index (χ0v) is 62.6. The van der Waals surface area contributed by atoms with Gasteiger partial charge in [-0.25, -0.2) is 4.57 Å². The van der Waals surface area contributed by atoms with E-state index in [4.69, 9.17) is 9.05 Å². The molecular weight excluding hydrogens is 1130 g/mol. The average Bonchev–Trinajstić information content (AvgIpc) is 3.39. The van der Waals surface area contributed by atoms with E-state index >= 15 is 0 Å². The lowest BCUT2D eigenvalue weighted by Crippen LogP contribution is -2.45. The maximum absolute atomic E-state index is 13.1. The number of carbonyl (C=O) groups excluding carboxylic acids is 1. The summed E-state index contributed by atoms with van der Waals surface area (Å²) in [6, 6.07) is -0.863. The molecule has 3 atom stereocenters. The van der Waals surface area contributed by atoms with Crippen molar-refractivity contribution >= 4 is 13.7 Å². The van der Waals surface area contributed by atoms with E-state index in [0.717, 1.165) is 38.5 Å². The van der Waals surface area contributed by atoms with Gasteiger partial charge < -0.3 is 19.8 Å². The van der Waals surface area contributed by atoms with Gasteiger partial charge in [0.05, 0.1) is 39.9 Å². The van der Waals surface area contributed by atoms with Crippen LogP contribution in [0.5, 0.6) is 0 Å². The third kappa shape index (κ3) is 74.4. The van der Waals surface area contributed by atoms with Crippen molar-refractivity contribution in [3.05, 3.63) is 24.3 Å². The summed E-state index contributed by atoms with van der Waals surface area (Å²) in [5.74, 6) is -0.176. The van der Waals surface area contributed by atoms with Gasteiger partial charge in [-0.2, -0.15) is 0 Å². The molecule has 0 bridgehead atoms. The SMILES string of the molecule is CCCCCCCCCCCCCCCCCCCCCCCCCC/C=C/CC/C=C/C(O)C(COP(=O)(O)OCC[N+](C)(C)C)NC(=O)CCCCCCCCCCCCCCCCCCCCCCCCCCCCCCCCCCCCCCCC. The number of phosphoric ester groups is 1. The molecule has 0 fully saturated rings. The number of likely N-dealkylation sites (N-methyl/N-ethyl adjacent to an activating group) is 1. The highest BCUT2D eigenvalue weighted by Crippen LogP contribution is 2.43. The fraction of sp³-hybridized carbons (Fsp3) is 0.938. The van der Waals surface area contributed by atoms with Crippen LogP contribution in [0.2, 0.25) is 0 Å². The summed E-state index contributed by atoms with van der Waals surface area (Å²) in [5.41, 5.74) is 0. The molecule has 3 N–H and O–H groups in total. The summed E-state index contributed by atoms with van der Waals surface area (Å²) >= 11 is 0. The molecule has 0 rings (SSSR count). The van der Waals surface area contributed by atoms with Gasteiger partial charge in [0.25, 0.3) is 0 Å². The van der Waals surface area contributed by atoms with Crippen LogP contribution in [-0.2, 0) is 18.4 Å². The van der Waals surface area contributed by atoms with Crippen LogP contribution in [0.4, 0.5) is 0 Å². The summed E-state index contributed by atoms with van der Waals surface area (Å²) in [6.07, 6.45) is 96.8. The number of carbonyl (C=O) groups is 1. The molecule has 0 aromatic carbocycles. The Morgan fingerprint density at radius 3 is 0.889 bits per heavy atom. The van der Waals surface area contributed by atoms with Crippen molar-refractivity contribution in [1.82, 2.24) is 5.32 Å². The number of nitrogens with one attached hydrogen (secondary N) is 1. The Balaban J connectivity index is 3.94. The molecule has 3 unspecified atom stereocenters. The Kier molecular flexibility index (Phi) is 71.4. The van der Waals surface area contributed by atoms with E-state index in [9.17, 15) is 19.4 Å². The molecule has 0 aliphatic heterocycles. The van der Waals surface area contributed by atoms with Gasteiger partial charge in [-0.3, -0.25) is 13.8 Å². The van der Waals surface area contributed by atoms with Crippen LogP contribution < -0.4 is 5.32 Å². The predicted molar refractivity (Wildman–Crippen MR) is 397 cm³/mol. The Labute approximate surface area is 564 Å². The highest BCUT2D eigenvalue weighted by Gasteiger charge is 2.28. The number of quaternary nitrogens is 1. The highest BCUT2D eigenvalue weighted by atomic mass is 31.2.